The van der Waals surface area contributed by atoms with Crippen molar-refractivity contribution in [2.45, 2.75) is 6.42 Å². The summed E-state index contributed by atoms with van der Waals surface area (Å²) in [7, 11) is 1.68. The molecule has 0 aromatic carbocycles. The zero-order chi connectivity index (χ0) is 19.5. The molecule has 0 radical (unpaired) electrons. The average Bonchev–Trinajstić information content (AvgIpc) is 3.40. The number of ether oxygens (including phenoxy) is 1. The molecule has 2 amide bonds. The highest BCUT2D eigenvalue weighted by Gasteiger charge is 2.58. The van der Waals surface area contributed by atoms with Crippen molar-refractivity contribution in [3.05, 3.63) is 36.7 Å². The van der Waals surface area contributed by atoms with Gasteiger partial charge in [0.1, 0.15) is 12.4 Å². The highest BCUT2D eigenvalue weighted by atomic mass is 16.5. The van der Waals surface area contributed by atoms with Crippen LogP contribution in [-0.4, -0.2) is 60.9 Å². The molecule has 0 spiro atoms. The van der Waals surface area contributed by atoms with E-state index in [0.717, 1.165) is 6.42 Å². The first-order valence-electron chi connectivity index (χ1n) is 9.70. The predicted octanol–water partition coefficient (Wildman–Crippen LogP) is 0.433. The summed E-state index contributed by atoms with van der Waals surface area (Å²) in [6.07, 6.45) is 8.53. The van der Waals surface area contributed by atoms with Gasteiger partial charge in [0, 0.05) is 26.3 Å². The van der Waals surface area contributed by atoms with Crippen LogP contribution in [0.5, 0.6) is 5.75 Å². The molecule has 3 aliphatic rings. The number of hydrogen-bond acceptors (Lipinski definition) is 5. The third-order valence-electron chi connectivity index (χ3n) is 5.71. The zero-order valence-corrected chi connectivity index (χ0v) is 15.9. The minimum absolute atomic E-state index is 0.0125. The maximum absolute atomic E-state index is 12.7. The number of rotatable bonds is 7. The molecule has 2 bridgehead atoms. The van der Waals surface area contributed by atoms with E-state index in [9.17, 15) is 9.59 Å². The van der Waals surface area contributed by atoms with Crippen molar-refractivity contribution in [2.75, 3.05) is 33.3 Å². The highest BCUT2D eigenvalue weighted by Crippen LogP contribution is 2.52. The van der Waals surface area contributed by atoms with Crippen LogP contribution >= 0.6 is 0 Å². The Kier molecular flexibility index (Phi) is 5.27. The summed E-state index contributed by atoms with van der Waals surface area (Å²) in [5.74, 6) is 1.53. The van der Waals surface area contributed by atoms with Crippen LogP contribution in [0.4, 0.5) is 0 Å². The van der Waals surface area contributed by atoms with Crippen molar-refractivity contribution in [2.24, 2.45) is 28.7 Å². The number of pyridine rings is 1. The Morgan fingerprint density at radius 3 is 2.57 bits per heavy atom. The first kappa shape index (κ1) is 18.5. The van der Waals surface area contributed by atoms with Crippen LogP contribution in [0.15, 0.2) is 41.7 Å². The normalized spacial score (nSPS) is 28.0. The van der Waals surface area contributed by atoms with Crippen molar-refractivity contribution in [3.8, 4) is 5.75 Å². The molecule has 1 aromatic heterocycles. The molecule has 4 unspecified atom stereocenters. The first-order valence-corrected chi connectivity index (χ1v) is 9.70. The summed E-state index contributed by atoms with van der Waals surface area (Å²) >= 11 is 0. The average molecular weight is 383 g/mol. The molecule has 1 saturated carbocycles. The van der Waals surface area contributed by atoms with Crippen LogP contribution in [-0.2, 0) is 9.59 Å². The molecular formula is C20H25N5O3. The fraction of sp³-hybridized carbons (Fsp3) is 0.500. The number of aromatic nitrogens is 1. The van der Waals surface area contributed by atoms with E-state index >= 15 is 0 Å². The SMILES string of the molecule is CN=C(NCCOc1cccnc1)NCCN1C(=O)C2C3C=CC(C3)C2C1=O. The molecule has 148 valence electrons. The van der Waals surface area contributed by atoms with Gasteiger partial charge in [0.2, 0.25) is 11.8 Å². The van der Waals surface area contributed by atoms with Crippen LogP contribution in [0.2, 0.25) is 0 Å². The molecule has 4 atom stereocenters. The third-order valence-corrected chi connectivity index (χ3v) is 5.71. The van der Waals surface area contributed by atoms with Crippen LogP contribution in [0.1, 0.15) is 6.42 Å². The Morgan fingerprint density at radius 2 is 1.93 bits per heavy atom. The van der Waals surface area contributed by atoms with Gasteiger partial charge in [-0.15, -0.1) is 0 Å². The molecule has 1 aromatic rings. The standard InChI is InChI=1S/C20H25N5O3/c1-21-20(24-8-10-28-15-3-2-6-22-12-15)23-7-9-25-18(26)16-13-4-5-14(11-13)17(16)19(25)27/h2-6,12-14,16-17H,7-11H2,1H3,(H2,21,23,24). The molecule has 2 aliphatic carbocycles. The third kappa shape index (κ3) is 3.46. The smallest absolute Gasteiger partial charge is 0.233 e. The summed E-state index contributed by atoms with van der Waals surface area (Å²) in [4.78, 5) is 34.9. The van der Waals surface area contributed by atoms with Gasteiger partial charge in [0.05, 0.1) is 24.6 Å². The number of imide groups is 1. The molecule has 28 heavy (non-hydrogen) atoms. The number of carbonyl (C=O) groups is 2. The van der Waals surface area contributed by atoms with E-state index in [1.165, 1.54) is 4.90 Å². The Labute approximate surface area is 164 Å². The molecule has 1 aliphatic heterocycles. The Bertz CT molecular complexity index is 764. The minimum Gasteiger partial charge on any atom is -0.490 e. The quantitative estimate of drug-likeness (QED) is 0.233. The van der Waals surface area contributed by atoms with Gasteiger partial charge in [-0.05, 0) is 30.4 Å². The number of carbonyl (C=O) groups excluding carboxylic acids is 2. The van der Waals surface area contributed by atoms with Gasteiger partial charge in [-0.3, -0.25) is 24.5 Å². The van der Waals surface area contributed by atoms with Crippen LogP contribution < -0.4 is 15.4 Å². The van der Waals surface area contributed by atoms with E-state index in [1.807, 2.05) is 12.1 Å². The number of fused-ring (bicyclic) bond motifs is 5. The maximum atomic E-state index is 12.7. The molecule has 8 heteroatoms. The van der Waals surface area contributed by atoms with E-state index in [0.29, 0.717) is 38.0 Å². The zero-order valence-electron chi connectivity index (χ0n) is 15.9. The lowest BCUT2D eigenvalue weighted by atomic mass is 9.85. The van der Waals surface area contributed by atoms with Gasteiger partial charge in [0.25, 0.3) is 0 Å². The summed E-state index contributed by atoms with van der Waals surface area (Å²) in [6, 6.07) is 3.67. The van der Waals surface area contributed by atoms with Crippen LogP contribution in [0.25, 0.3) is 0 Å². The molecule has 8 nitrogen and oxygen atoms in total. The topological polar surface area (TPSA) is 95.9 Å². The first-order chi connectivity index (χ1) is 13.7. The molecule has 1 saturated heterocycles. The summed E-state index contributed by atoms with van der Waals surface area (Å²) < 4.78 is 5.57. The maximum Gasteiger partial charge on any atom is 0.233 e. The number of allylic oxidation sites excluding steroid dienone is 2. The van der Waals surface area contributed by atoms with Gasteiger partial charge in [-0.25, -0.2) is 0 Å². The van der Waals surface area contributed by atoms with Crippen molar-refractivity contribution in [1.82, 2.24) is 20.5 Å². The minimum atomic E-state index is -0.135. The Balaban J connectivity index is 1.19. The lowest BCUT2D eigenvalue weighted by molar-refractivity contribution is -0.140. The number of hydrogen-bond donors (Lipinski definition) is 2. The monoisotopic (exact) mass is 383 g/mol. The summed E-state index contributed by atoms with van der Waals surface area (Å²) in [5, 5.41) is 6.30. The lowest BCUT2D eigenvalue weighted by Crippen LogP contribution is -2.44. The molecule has 2 heterocycles. The number of amides is 2. The number of nitrogens with one attached hydrogen (secondary N) is 2. The molecule has 4 rings (SSSR count). The second-order valence-electron chi connectivity index (χ2n) is 7.29. The van der Waals surface area contributed by atoms with Crippen molar-refractivity contribution in [1.29, 1.82) is 0 Å². The molecule has 2 fully saturated rings. The number of guanidine groups is 1. The molecular weight excluding hydrogens is 358 g/mol. The van der Waals surface area contributed by atoms with E-state index in [4.69, 9.17) is 4.74 Å². The Hall–Kier alpha value is -2.90. The summed E-state index contributed by atoms with van der Waals surface area (Å²) in [6.45, 7) is 1.85. The van der Waals surface area contributed by atoms with E-state index in [-0.39, 0.29) is 35.5 Å². The second-order valence-corrected chi connectivity index (χ2v) is 7.29. The fourth-order valence-electron chi connectivity index (χ4n) is 4.46. The number of likely N-dealkylation sites (tertiary alicyclic amines) is 1. The second kappa shape index (κ2) is 8.00. The number of nitrogens with zero attached hydrogens (tertiary/aromatic N) is 3. The van der Waals surface area contributed by atoms with Crippen molar-refractivity contribution < 1.29 is 14.3 Å². The highest BCUT2D eigenvalue weighted by molar-refractivity contribution is 6.06. The van der Waals surface area contributed by atoms with Crippen LogP contribution in [0, 0.1) is 23.7 Å². The van der Waals surface area contributed by atoms with Gasteiger partial charge in [-0.1, -0.05) is 12.2 Å². The van der Waals surface area contributed by atoms with Gasteiger partial charge < -0.3 is 15.4 Å². The van der Waals surface area contributed by atoms with Gasteiger partial charge >= 0.3 is 0 Å². The van der Waals surface area contributed by atoms with Gasteiger partial charge in [-0.2, -0.15) is 0 Å². The van der Waals surface area contributed by atoms with E-state index in [2.05, 4.69) is 32.8 Å². The lowest BCUT2D eigenvalue weighted by Gasteiger charge is -2.18. The van der Waals surface area contributed by atoms with E-state index < -0.39 is 0 Å². The molecule has 2 N–H and O–H groups in total. The Morgan fingerprint density at radius 1 is 1.21 bits per heavy atom. The van der Waals surface area contributed by atoms with Crippen LogP contribution in [0.3, 0.4) is 0 Å². The largest absolute Gasteiger partial charge is 0.490 e. The number of aliphatic imine (C=N–C) groups is 1. The summed E-state index contributed by atoms with van der Waals surface area (Å²) in [5.41, 5.74) is 0. The van der Waals surface area contributed by atoms with E-state index in [1.54, 1.807) is 19.4 Å². The van der Waals surface area contributed by atoms with Crippen molar-refractivity contribution >= 4 is 17.8 Å². The van der Waals surface area contributed by atoms with Gasteiger partial charge in [0.15, 0.2) is 5.96 Å². The predicted molar refractivity (Wildman–Crippen MR) is 104 cm³/mol. The fourth-order valence-corrected chi connectivity index (χ4v) is 4.46. The van der Waals surface area contributed by atoms with Crippen molar-refractivity contribution in [3.63, 3.8) is 0 Å².